The lowest BCUT2D eigenvalue weighted by molar-refractivity contribution is -0.139. The van der Waals surface area contributed by atoms with E-state index in [1.165, 1.54) is 0 Å². The van der Waals surface area contributed by atoms with Crippen molar-refractivity contribution in [2.24, 2.45) is 17.8 Å². The Kier molecular flexibility index (Phi) is 9.41. The summed E-state index contributed by atoms with van der Waals surface area (Å²) in [5.41, 5.74) is 0.221. The molecule has 0 amide bonds. The first kappa shape index (κ1) is 25.7. The molecule has 1 aromatic carbocycles. The predicted octanol–water partition coefficient (Wildman–Crippen LogP) is 7.17. The second-order valence-corrected chi connectivity index (χ2v) is 9.96. The topological polar surface area (TPSA) is 40.5 Å². The van der Waals surface area contributed by atoms with Gasteiger partial charge in [0.2, 0.25) is 0 Å². The molecule has 3 nitrogen and oxygen atoms in total. The molecule has 0 aromatic heterocycles. The fourth-order valence-corrected chi connectivity index (χ4v) is 4.68. The molecule has 1 saturated heterocycles. The van der Waals surface area contributed by atoms with Crippen LogP contribution in [0.1, 0.15) is 89.8 Å². The van der Waals surface area contributed by atoms with Gasteiger partial charge in [0, 0.05) is 18.5 Å². The third-order valence-electron chi connectivity index (χ3n) is 6.46. The highest BCUT2D eigenvalue weighted by Crippen LogP contribution is 2.40. The van der Waals surface area contributed by atoms with E-state index in [4.69, 9.17) is 0 Å². The summed E-state index contributed by atoms with van der Waals surface area (Å²) < 4.78 is 39.1. The largest absolute Gasteiger partial charge is 0.481 e. The first-order valence-corrected chi connectivity index (χ1v) is 11.6. The molecule has 1 N–H and O–H groups in total. The predicted molar refractivity (Wildman–Crippen MR) is 118 cm³/mol. The molecule has 1 fully saturated rings. The molecule has 1 aliphatic rings. The van der Waals surface area contributed by atoms with E-state index in [2.05, 4.69) is 32.6 Å². The van der Waals surface area contributed by atoms with Gasteiger partial charge >= 0.3 is 12.1 Å². The highest BCUT2D eigenvalue weighted by molar-refractivity contribution is 5.67. The van der Waals surface area contributed by atoms with E-state index >= 15 is 0 Å². The molecule has 6 heteroatoms. The van der Waals surface area contributed by atoms with Crippen molar-refractivity contribution in [1.82, 2.24) is 4.90 Å². The van der Waals surface area contributed by atoms with Crippen molar-refractivity contribution in [2.45, 2.75) is 90.9 Å². The molecule has 0 spiro atoms. The number of benzene rings is 1. The van der Waals surface area contributed by atoms with Crippen molar-refractivity contribution in [3.63, 3.8) is 0 Å². The number of likely N-dealkylation sites (tertiary alicyclic amines) is 1. The molecule has 2 rings (SSSR count). The average molecular weight is 442 g/mol. The number of hydrogen-bond donors (Lipinski definition) is 1. The maximum absolute atomic E-state index is 13.0. The van der Waals surface area contributed by atoms with Crippen molar-refractivity contribution in [3.05, 3.63) is 35.4 Å². The fourth-order valence-electron chi connectivity index (χ4n) is 4.68. The zero-order valence-electron chi connectivity index (χ0n) is 19.3. The number of halogens is 3. The van der Waals surface area contributed by atoms with Crippen LogP contribution in [0.3, 0.4) is 0 Å². The van der Waals surface area contributed by atoms with Gasteiger partial charge in [0.25, 0.3) is 0 Å². The van der Waals surface area contributed by atoms with E-state index in [0.717, 1.165) is 56.3 Å². The highest BCUT2D eigenvalue weighted by Gasteiger charge is 2.35. The van der Waals surface area contributed by atoms with Crippen LogP contribution in [-0.4, -0.2) is 28.6 Å². The van der Waals surface area contributed by atoms with E-state index in [1.807, 2.05) is 0 Å². The maximum atomic E-state index is 13.0. The Bertz CT molecular complexity index is 673. The zero-order valence-corrected chi connectivity index (χ0v) is 19.3. The van der Waals surface area contributed by atoms with Gasteiger partial charge in [-0.25, -0.2) is 0 Å². The summed E-state index contributed by atoms with van der Waals surface area (Å²) in [7, 11) is 0. The van der Waals surface area contributed by atoms with Crippen LogP contribution in [0.2, 0.25) is 0 Å². The molecule has 1 heterocycles. The van der Waals surface area contributed by atoms with Crippen molar-refractivity contribution in [2.75, 3.05) is 6.54 Å². The van der Waals surface area contributed by atoms with Gasteiger partial charge in [-0.3, -0.25) is 9.69 Å². The summed E-state index contributed by atoms with van der Waals surface area (Å²) in [5, 5.41) is 9.28. The van der Waals surface area contributed by atoms with Crippen LogP contribution >= 0.6 is 0 Å². The summed E-state index contributed by atoms with van der Waals surface area (Å²) in [5.74, 6) is 0.434. The minimum absolute atomic E-state index is 0.0373. The average Bonchev–Trinajstić information content (AvgIpc) is 2.67. The summed E-state index contributed by atoms with van der Waals surface area (Å²) in [6.45, 7) is 9.65. The first-order valence-electron chi connectivity index (χ1n) is 11.6. The molecule has 176 valence electrons. The Labute approximate surface area is 185 Å². The molecule has 2 atom stereocenters. The summed E-state index contributed by atoms with van der Waals surface area (Å²) >= 11 is 0. The van der Waals surface area contributed by atoms with E-state index in [0.29, 0.717) is 24.3 Å². The highest BCUT2D eigenvalue weighted by atomic mass is 19.4. The summed E-state index contributed by atoms with van der Waals surface area (Å²) in [6, 6.07) is 5.82. The Morgan fingerprint density at radius 3 is 2.03 bits per heavy atom. The Hall–Kier alpha value is -1.56. The number of carbonyl (C=O) groups is 1. The monoisotopic (exact) mass is 441 g/mol. The van der Waals surface area contributed by atoms with Crippen LogP contribution in [0, 0.1) is 17.8 Å². The third-order valence-corrected chi connectivity index (χ3v) is 6.46. The van der Waals surface area contributed by atoms with Gasteiger partial charge in [-0.05, 0) is 80.5 Å². The van der Waals surface area contributed by atoms with Crippen LogP contribution < -0.4 is 0 Å². The summed E-state index contributed by atoms with van der Waals surface area (Å²) in [6.07, 6.45) is 1.60. The van der Waals surface area contributed by atoms with Gasteiger partial charge in [0.15, 0.2) is 0 Å². The minimum Gasteiger partial charge on any atom is -0.481 e. The van der Waals surface area contributed by atoms with E-state index < -0.39 is 17.7 Å². The Morgan fingerprint density at radius 1 is 1.03 bits per heavy atom. The van der Waals surface area contributed by atoms with Crippen LogP contribution in [-0.2, 0) is 11.0 Å². The number of nitrogens with zero attached hydrogens (tertiary/aromatic N) is 1. The standard InChI is InChI=1S/C25H38F3NO2/c1-17(2)5-11-22(12-6-18(3)4)29-14-13-19(16-24(30)31)15-23(29)20-7-9-21(10-8-20)25(26,27)28/h7-10,17-19,22-23H,5-6,11-16H2,1-4H3,(H,30,31)/t19-,23+/m1/s1. The van der Waals surface area contributed by atoms with Crippen LogP contribution in [0.15, 0.2) is 24.3 Å². The smallest absolute Gasteiger partial charge is 0.416 e. The number of aliphatic carboxylic acids is 1. The second kappa shape index (κ2) is 11.3. The molecule has 0 radical (unpaired) electrons. The Balaban J connectivity index is 2.30. The van der Waals surface area contributed by atoms with E-state index in [-0.39, 0.29) is 18.4 Å². The SMILES string of the molecule is CC(C)CCC(CCC(C)C)N1CC[C@@H](CC(=O)O)C[C@H]1c1ccc(C(F)(F)F)cc1. The van der Waals surface area contributed by atoms with Crippen molar-refractivity contribution >= 4 is 5.97 Å². The first-order chi connectivity index (χ1) is 14.5. The lowest BCUT2D eigenvalue weighted by atomic mass is 9.82. The quantitative estimate of drug-likeness (QED) is 0.418. The molecule has 1 aromatic rings. The second-order valence-electron chi connectivity index (χ2n) is 9.96. The molecule has 0 unspecified atom stereocenters. The van der Waals surface area contributed by atoms with Gasteiger partial charge in [-0.15, -0.1) is 0 Å². The number of carboxylic acids is 1. The molecule has 0 saturated carbocycles. The van der Waals surface area contributed by atoms with Crippen LogP contribution in [0.5, 0.6) is 0 Å². The Morgan fingerprint density at radius 2 is 1.58 bits per heavy atom. The fraction of sp³-hybridized carbons (Fsp3) is 0.720. The van der Waals surface area contributed by atoms with Crippen LogP contribution in [0.25, 0.3) is 0 Å². The van der Waals surface area contributed by atoms with Crippen LogP contribution in [0.4, 0.5) is 13.2 Å². The van der Waals surface area contributed by atoms with Gasteiger partial charge in [-0.2, -0.15) is 13.2 Å². The lowest BCUT2D eigenvalue weighted by Gasteiger charge is -2.44. The molecule has 31 heavy (non-hydrogen) atoms. The number of piperidine rings is 1. The number of hydrogen-bond acceptors (Lipinski definition) is 2. The van der Waals surface area contributed by atoms with Crippen molar-refractivity contribution in [1.29, 1.82) is 0 Å². The number of alkyl halides is 3. The van der Waals surface area contributed by atoms with E-state index in [1.54, 1.807) is 12.1 Å². The number of rotatable bonds is 10. The molecule has 1 aliphatic heterocycles. The third kappa shape index (κ3) is 8.13. The van der Waals surface area contributed by atoms with Crippen molar-refractivity contribution < 1.29 is 23.1 Å². The zero-order chi connectivity index (χ0) is 23.2. The van der Waals surface area contributed by atoms with Gasteiger partial charge < -0.3 is 5.11 Å². The molecule has 0 aliphatic carbocycles. The summed E-state index contributed by atoms with van der Waals surface area (Å²) in [4.78, 5) is 13.8. The minimum atomic E-state index is -4.35. The lowest BCUT2D eigenvalue weighted by Crippen LogP contribution is -2.44. The van der Waals surface area contributed by atoms with Crippen molar-refractivity contribution in [3.8, 4) is 0 Å². The van der Waals surface area contributed by atoms with Gasteiger partial charge in [0.1, 0.15) is 0 Å². The van der Waals surface area contributed by atoms with Gasteiger partial charge in [0.05, 0.1) is 5.56 Å². The number of carboxylic acid groups (broad SMARTS) is 1. The van der Waals surface area contributed by atoms with E-state index in [9.17, 15) is 23.1 Å². The normalized spacial score (nSPS) is 20.7. The molecular weight excluding hydrogens is 403 g/mol. The van der Waals surface area contributed by atoms with Gasteiger partial charge in [-0.1, -0.05) is 39.8 Å². The maximum Gasteiger partial charge on any atom is 0.416 e. The molecular formula is C25H38F3NO2. The molecule has 0 bridgehead atoms.